The highest BCUT2D eigenvalue weighted by atomic mass is 16.5. The Hall–Kier alpha value is -0.370. The molecule has 0 rings (SSSR count). The quantitative estimate of drug-likeness (QED) is 0.552. The van der Waals surface area contributed by atoms with Gasteiger partial charge in [0.25, 0.3) is 0 Å². The van der Waals surface area contributed by atoms with Gasteiger partial charge in [0.2, 0.25) is 0 Å². The summed E-state index contributed by atoms with van der Waals surface area (Å²) in [7, 11) is 0. The van der Waals surface area contributed by atoms with E-state index in [2.05, 4.69) is 6.92 Å². The third-order valence-corrected chi connectivity index (χ3v) is 1.94. The molecule has 1 unspecified atom stereocenters. The Labute approximate surface area is 75.3 Å². The van der Waals surface area contributed by atoms with Crippen molar-refractivity contribution in [2.45, 2.75) is 52.6 Å². The van der Waals surface area contributed by atoms with Crippen LogP contribution >= 0.6 is 0 Å². The van der Waals surface area contributed by atoms with Crippen LogP contribution in [0, 0.1) is 0 Å². The highest BCUT2D eigenvalue weighted by molar-refractivity contribution is 5.79. The summed E-state index contributed by atoms with van der Waals surface area (Å²) < 4.78 is 5.30. The standard InChI is InChI=1S/C10H20O2/c1-4-5-6-7-8-12-10(3)9(2)11/h10H,4-8H2,1-3H3. The fourth-order valence-corrected chi connectivity index (χ4v) is 0.906. The third kappa shape index (κ3) is 6.35. The summed E-state index contributed by atoms with van der Waals surface area (Å²) in [5, 5.41) is 0. The Morgan fingerprint density at radius 1 is 1.33 bits per heavy atom. The van der Waals surface area contributed by atoms with Crippen LogP contribution in [-0.2, 0) is 9.53 Å². The number of unbranched alkanes of at least 4 members (excludes halogenated alkanes) is 3. The SMILES string of the molecule is CCCCCCOC(C)C(C)=O. The molecule has 0 aliphatic carbocycles. The molecule has 2 heteroatoms. The van der Waals surface area contributed by atoms with Gasteiger partial charge in [0, 0.05) is 6.61 Å². The van der Waals surface area contributed by atoms with Crippen LogP contribution in [0.3, 0.4) is 0 Å². The number of hydrogen-bond acceptors (Lipinski definition) is 2. The molecular weight excluding hydrogens is 152 g/mol. The maximum Gasteiger partial charge on any atom is 0.158 e. The Morgan fingerprint density at radius 2 is 2.00 bits per heavy atom. The minimum absolute atomic E-state index is 0.116. The van der Waals surface area contributed by atoms with Gasteiger partial charge >= 0.3 is 0 Å². The van der Waals surface area contributed by atoms with E-state index < -0.39 is 0 Å². The molecule has 0 heterocycles. The molecule has 0 aliphatic rings. The summed E-state index contributed by atoms with van der Waals surface area (Å²) in [5.41, 5.74) is 0. The highest BCUT2D eigenvalue weighted by Crippen LogP contribution is 2.01. The summed E-state index contributed by atoms with van der Waals surface area (Å²) in [5.74, 6) is 0.116. The Balaban J connectivity index is 3.14. The summed E-state index contributed by atoms with van der Waals surface area (Å²) in [4.78, 5) is 10.7. The van der Waals surface area contributed by atoms with Crippen LogP contribution in [0.4, 0.5) is 0 Å². The second-order valence-electron chi connectivity index (χ2n) is 3.18. The highest BCUT2D eigenvalue weighted by Gasteiger charge is 2.05. The third-order valence-electron chi connectivity index (χ3n) is 1.94. The minimum Gasteiger partial charge on any atom is -0.371 e. The zero-order valence-electron chi connectivity index (χ0n) is 8.43. The topological polar surface area (TPSA) is 26.3 Å². The number of ketones is 1. The molecule has 12 heavy (non-hydrogen) atoms. The Morgan fingerprint density at radius 3 is 2.50 bits per heavy atom. The lowest BCUT2D eigenvalue weighted by Crippen LogP contribution is -2.17. The first-order valence-electron chi connectivity index (χ1n) is 4.80. The van der Waals surface area contributed by atoms with E-state index in [-0.39, 0.29) is 11.9 Å². The van der Waals surface area contributed by atoms with E-state index in [1.54, 1.807) is 6.92 Å². The predicted octanol–water partition coefficient (Wildman–Crippen LogP) is 2.56. The largest absolute Gasteiger partial charge is 0.371 e. The lowest BCUT2D eigenvalue weighted by Gasteiger charge is -2.08. The first-order chi connectivity index (χ1) is 5.68. The van der Waals surface area contributed by atoms with Gasteiger partial charge in [-0.3, -0.25) is 4.79 Å². The average Bonchev–Trinajstić information content (AvgIpc) is 2.03. The fourth-order valence-electron chi connectivity index (χ4n) is 0.906. The molecule has 0 saturated carbocycles. The summed E-state index contributed by atoms with van der Waals surface area (Å²) in [6.45, 7) is 6.28. The van der Waals surface area contributed by atoms with E-state index in [4.69, 9.17) is 4.74 Å². The molecule has 0 aromatic carbocycles. The van der Waals surface area contributed by atoms with Crippen LogP contribution in [0.25, 0.3) is 0 Å². The molecule has 1 atom stereocenters. The molecule has 0 N–H and O–H groups in total. The van der Waals surface area contributed by atoms with Gasteiger partial charge < -0.3 is 4.74 Å². The summed E-state index contributed by atoms with van der Waals surface area (Å²) >= 11 is 0. The minimum atomic E-state index is -0.216. The number of carbonyl (C=O) groups excluding carboxylic acids is 1. The lowest BCUT2D eigenvalue weighted by molar-refractivity contribution is -0.127. The van der Waals surface area contributed by atoms with Gasteiger partial charge in [-0.05, 0) is 20.3 Å². The molecular formula is C10H20O2. The maximum atomic E-state index is 10.7. The molecule has 0 fully saturated rings. The fraction of sp³-hybridized carbons (Fsp3) is 0.900. The van der Waals surface area contributed by atoms with Crippen LogP contribution < -0.4 is 0 Å². The van der Waals surface area contributed by atoms with E-state index in [1.165, 1.54) is 19.3 Å². The van der Waals surface area contributed by atoms with Crippen LogP contribution in [0.5, 0.6) is 0 Å². The second kappa shape index (κ2) is 7.29. The van der Waals surface area contributed by atoms with Gasteiger partial charge in [-0.15, -0.1) is 0 Å². The lowest BCUT2D eigenvalue weighted by atomic mass is 10.2. The van der Waals surface area contributed by atoms with E-state index in [1.807, 2.05) is 6.92 Å². The van der Waals surface area contributed by atoms with E-state index in [9.17, 15) is 4.79 Å². The molecule has 0 aliphatic heterocycles. The Kier molecular flexibility index (Phi) is 7.06. The maximum absolute atomic E-state index is 10.7. The van der Waals surface area contributed by atoms with E-state index in [0.717, 1.165) is 13.0 Å². The monoisotopic (exact) mass is 172 g/mol. The van der Waals surface area contributed by atoms with Crippen molar-refractivity contribution in [2.24, 2.45) is 0 Å². The van der Waals surface area contributed by atoms with Crippen molar-refractivity contribution >= 4 is 5.78 Å². The van der Waals surface area contributed by atoms with Gasteiger partial charge in [0.15, 0.2) is 5.78 Å². The number of carbonyl (C=O) groups is 1. The van der Waals surface area contributed by atoms with Crippen molar-refractivity contribution in [3.05, 3.63) is 0 Å². The molecule has 0 radical (unpaired) electrons. The molecule has 0 spiro atoms. The van der Waals surface area contributed by atoms with Crippen LogP contribution in [0.15, 0.2) is 0 Å². The number of Topliss-reactive ketones (excluding diaryl/α,β-unsaturated/α-hetero) is 1. The van der Waals surface area contributed by atoms with Crippen LogP contribution in [-0.4, -0.2) is 18.5 Å². The van der Waals surface area contributed by atoms with Crippen molar-refractivity contribution in [1.82, 2.24) is 0 Å². The van der Waals surface area contributed by atoms with Crippen molar-refractivity contribution in [3.8, 4) is 0 Å². The van der Waals surface area contributed by atoms with Gasteiger partial charge in [-0.1, -0.05) is 26.2 Å². The first kappa shape index (κ1) is 11.6. The molecule has 0 bridgehead atoms. The van der Waals surface area contributed by atoms with Gasteiger partial charge in [0.1, 0.15) is 6.10 Å². The number of ether oxygens (including phenoxy) is 1. The number of rotatable bonds is 7. The van der Waals surface area contributed by atoms with Crippen molar-refractivity contribution in [2.75, 3.05) is 6.61 Å². The normalized spacial score (nSPS) is 12.9. The van der Waals surface area contributed by atoms with Crippen LogP contribution in [0.1, 0.15) is 46.5 Å². The molecule has 2 nitrogen and oxygen atoms in total. The average molecular weight is 172 g/mol. The summed E-state index contributed by atoms with van der Waals surface area (Å²) in [6.07, 6.45) is 4.57. The Bertz CT molecular complexity index is 121. The van der Waals surface area contributed by atoms with E-state index in [0.29, 0.717) is 0 Å². The van der Waals surface area contributed by atoms with Gasteiger partial charge in [-0.25, -0.2) is 0 Å². The second-order valence-corrected chi connectivity index (χ2v) is 3.18. The van der Waals surface area contributed by atoms with Gasteiger partial charge in [0.05, 0.1) is 0 Å². The van der Waals surface area contributed by atoms with Crippen molar-refractivity contribution < 1.29 is 9.53 Å². The zero-order valence-corrected chi connectivity index (χ0v) is 8.43. The number of hydrogen-bond donors (Lipinski definition) is 0. The van der Waals surface area contributed by atoms with E-state index >= 15 is 0 Å². The zero-order chi connectivity index (χ0) is 9.40. The van der Waals surface area contributed by atoms with Crippen molar-refractivity contribution in [3.63, 3.8) is 0 Å². The predicted molar refractivity (Wildman–Crippen MR) is 50.2 cm³/mol. The molecule has 0 saturated heterocycles. The first-order valence-corrected chi connectivity index (χ1v) is 4.80. The molecule has 72 valence electrons. The summed E-state index contributed by atoms with van der Waals surface area (Å²) in [6, 6.07) is 0. The van der Waals surface area contributed by atoms with Crippen LogP contribution in [0.2, 0.25) is 0 Å². The molecule has 0 amide bonds. The van der Waals surface area contributed by atoms with Crippen molar-refractivity contribution in [1.29, 1.82) is 0 Å². The molecule has 0 aromatic heterocycles. The van der Waals surface area contributed by atoms with Gasteiger partial charge in [-0.2, -0.15) is 0 Å². The molecule has 0 aromatic rings. The smallest absolute Gasteiger partial charge is 0.158 e.